The van der Waals surface area contributed by atoms with Gasteiger partial charge < -0.3 is 10.1 Å². The topological polar surface area (TPSA) is 38.3 Å². The number of nitrogens with one attached hydrogen (secondary N) is 1. The summed E-state index contributed by atoms with van der Waals surface area (Å²) < 4.78 is 5.37. The molecule has 0 spiro atoms. The van der Waals surface area contributed by atoms with Gasteiger partial charge in [0.25, 0.3) is 0 Å². The van der Waals surface area contributed by atoms with Crippen LogP contribution in [-0.2, 0) is 10.2 Å². The lowest BCUT2D eigenvalue weighted by Gasteiger charge is -2.23. The molecule has 104 valence electrons. The molecule has 3 heteroatoms. The van der Waals surface area contributed by atoms with Gasteiger partial charge in [-0.15, -0.1) is 0 Å². The molecular weight excluding hydrogens is 238 g/mol. The fourth-order valence-electron chi connectivity index (χ4n) is 2.25. The van der Waals surface area contributed by atoms with Crippen LogP contribution in [0.2, 0.25) is 0 Å². The van der Waals surface area contributed by atoms with Crippen molar-refractivity contribution in [3.8, 4) is 0 Å². The molecule has 1 unspecified atom stereocenters. The molecule has 2 rings (SSSR count). The van der Waals surface area contributed by atoms with Crippen molar-refractivity contribution >= 4 is 5.78 Å². The van der Waals surface area contributed by atoms with Crippen molar-refractivity contribution in [1.82, 2.24) is 5.32 Å². The van der Waals surface area contributed by atoms with E-state index in [4.69, 9.17) is 4.74 Å². The van der Waals surface area contributed by atoms with E-state index in [0.717, 1.165) is 18.7 Å². The Morgan fingerprint density at radius 1 is 1.32 bits per heavy atom. The van der Waals surface area contributed by atoms with Crippen LogP contribution in [0.5, 0.6) is 0 Å². The van der Waals surface area contributed by atoms with Gasteiger partial charge in [-0.3, -0.25) is 4.79 Å². The van der Waals surface area contributed by atoms with Gasteiger partial charge in [-0.25, -0.2) is 0 Å². The molecule has 1 N–H and O–H groups in total. The zero-order chi connectivity index (χ0) is 13.9. The van der Waals surface area contributed by atoms with Gasteiger partial charge in [-0.05, 0) is 11.0 Å². The minimum absolute atomic E-state index is 0.125. The van der Waals surface area contributed by atoms with Crippen LogP contribution in [0.15, 0.2) is 24.3 Å². The van der Waals surface area contributed by atoms with E-state index in [1.807, 2.05) is 12.1 Å². The smallest absolute Gasteiger partial charge is 0.164 e. The second-order valence-electron chi connectivity index (χ2n) is 6.18. The Hall–Kier alpha value is -1.19. The molecule has 0 aliphatic carbocycles. The van der Waals surface area contributed by atoms with Crippen molar-refractivity contribution in [2.24, 2.45) is 0 Å². The summed E-state index contributed by atoms with van der Waals surface area (Å²) in [6.07, 6.45) is 0.509. The first-order valence-corrected chi connectivity index (χ1v) is 6.92. The molecule has 1 aromatic rings. The lowest BCUT2D eigenvalue weighted by Crippen LogP contribution is -2.42. The van der Waals surface area contributed by atoms with Crippen molar-refractivity contribution in [1.29, 1.82) is 0 Å². The van der Waals surface area contributed by atoms with Crippen LogP contribution >= 0.6 is 0 Å². The van der Waals surface area contributed by atoms with Crippen LogP contribution in [-0.4, -0.2) is 31.6 Å². The van der Waals surface area contributed by atoms with E-state index in [2.05, 4.69) is 38.2 Å². The molecule has 1 fully saturated rings. The summed E-state index contributed by atoms with van der Waals surface area (Å²) in [5.41, 5.74) is 2.17. The first-order valence-electron chi connectivity index (χ1n) is 6.92. The summed E-state index contributed by atoms with van der Waals surface area (Å²) in [6, 6.07) is 8.14. The van der Waals surface area contributed by atoms with Gasteiger partial charge in [0, 0.05) is 24.6 Å². The monoisotopic (exact) mass is 261 g/mol. The number of carbonyl (C=O) groups is 1. The van der Waals surface area contributed by atoms with E-state index in [1.165, 1.54) is 5.56 Å². The average molecular weight is 261 g/mol. The number of rotatable bonds is 3. The third-order valence-corrected chi connectivity index (χ3v) is 3.50. The SMILES string of the molecule is CC(C)(C)c1ccc(C(=O)CC2COCCN2)cc1. The fraction of sp³-hybridized carbons (Fsp3) is 0.562. The maximum Gasteiger partial charge on any atom is 0.164 e. The van der Waals surface area contributed by atoms with Gasteiger partial charge in [0.1, 0.15) is 0 Å². The molecule has 19 heavy (non-hydrogen) atoms. The molecule has 1 aromatic carbocycles. The largest absolute Gasteiger partial charge is 0.378 e. The normalized spacial score (nSPS) is 20.3. The van der Waals surface area contributed by atoms with Crippen LogP contribution in [0, 0.1) is 0 Å². The molecule has 1 atom stereocenters. The van der Waals surface area contributed by atoms with E-state index in [-0.39, 0.29) is 17.2 Å². The zero-order valence-corrected chi connectivity index (χ0v) is 12.0. The maximum atomic E-state index is 12.2. The third kappa shape index (κ3) is 3.88. The van der Waals surface area contributed by atoms with Gasteiger partial charge in [0.05, 0.1) is 13.2 Å². The molecule has 0 bridgehead atoms. The predicted molar refractivity (Wildman–Crippen MR) is 76.7 cm³/mol. The molecule has 1 heterocycles. The molecule has 3 nitrogen and oxygen atoms in total. The number of benzene rings is 1. The fourth-order valence-corrected chi connectivity index (χ4v) is 2.25. The standard InChI is InChI=1S/C16H23NO2/c1-16(2,3)13-6-4-12(5-7-13)15(18)10-14-11-19-9-8-17-14/h4-7,14,17H,8-11H2,1-3H3. The number of ether oxygens (including phenoxy) is 1. The van der Waals surface area contributed by atoms with E-state index in [9.17, 15) is 4.79 Å². The molecule has 0 amide bonds. The Kier molecular flexibility index (Phi) is 4.38. The van der Waals surface area contributed by atoms with Gasteiger partial charge >= 0.3 is 0 Å². The maximum absolute atomic E-state index is 12.2. The van der Waals surface area contributed by atoms with Crippen molar-refractivity contribution in [2.45, 2.75) is 38.6 Å². The summed E-state index contributed by atoms with van der Waals surface area (Å²) in [6.45, 7) is 8.73. The van der Waals surface area contributed by atoms with Gasteiger partial charge in [-0.2, -0.15) is 0 Å². The summed E-state index contributed by atoms with van der Waals surface area (Å²) in [5.74, 6) is 0.184. The van der Waals surface area contributed by atoms with Crippen molar-refractivity contribution < 1.29 is 9.53 Å². The number of carbonyl (C=O) groups excluding carboxylic acids is 1. The highest BCUT2D eigenvalue weighted by atomic mass is 16.5. The molecule has 0 aromatic heterocycles. The molecule has 1 aliphatic heterocycles. The Morgan fingerprint density at radius 3 is 2.53 bits per heavy atom. The molecule has 1 saturated heterocycles. The highest BCUT2D eigenvalue weighted by Gasteiger charge is 2.19. The number of Topliss-reactive ketones (excluding diaryl/α,β-unsaturated/α-hetero) is 1. The minimum atomic E-state index is 0.125. The quantitative estimate of drug-likeness (QED) is 0.850. The highest BCUT2D eigenvalue weighted by molar-refractivity contribution is 5.96. The first kappa shape index (κ1) is 14.2. The second kappa shape index (κ2) is 5.85. The van der Waals surface area contributed by atoms with E-state index in [0.29, 0.717) is 13.0 Å². The lowest BCUT2D eigenvalue weighted by atomic mass is 9.86. The summed E-state index contributed by atoms with van der Waals surface area (Å²) in [4.78, 5) is 12.2. The Morgan fingerprint density at radius 2 is 2.00 bits per heavy atom. The van der Waals surface area contributed by atoms with Gasteiger partial charge in [0.2, 0.25) is 0 Å². The van der Waals surface area contributed by atoms with Crippen LogP contribution in [0.4, 0.5) is 0 Å². The average Bonchev–Trinajstić information content (AvgIpc) is 2.39. The Bertz CT molecular complexity index is 425. The molecule has 0 radical (unpaired) electrons. The van der Waals surface area contributed by atoms with Gasteiger partial charge in [-0.1, -0.05) is 45.0 Å². The Balaban J connectivity index is 1.99. The summed E-state index contributed by atoms with van der Waals surface area (Å²) in [5, 5.41) is 3.31. The molecule has 0 saturated carbocycles. The third-order valence-electron chi connectivity index (χ3n) is 3.50. The minimum Gasteiger partial charge on any atom is -0.378 e. The van der Waals surface area contributed by atoms with Crippen LogP contribution in [0.1, 0.15) is 43.1 Å². The molecule has 1 aliphatic rings. The second-order valence-corrected chi connectivity index (χ2v) is 6.18. The number of hydrogen-bond acceptors (Lipinski definition) is 3. The molecular formula is C16H23NO2. The van der Waals surface area contributed by atoms with Crippen LogP contribution in [0.3, 0.4) is 0 Å². The van der Waals surface area contributed by atoms with Crippen molar-refractivity contribution in [2.75, 3.05) is 19.8 Å². The number of hydrogen-bond donors (Lipinski definition) is 1. The van der Waals surface area contributed by atoms with E-state index >= 15 is 0 Å². The van der Waals surface area contributed by atoms with E-state index < -0.39 is 0 Å². The zero-order valence-electron chi connectivity index (χ0n) is 12.0. The summed E-state index contributed by atoms with van der Waals surface area (Å²) in [7, 11) is 0. The van der Waals surface area contributed by atoms with Gasteiger partial charge in [0.15, 0.2) is 5.78 Å². The highest BCUT2D eigenvalue weighted by Crippen LogP contribution is 2.22. The van der Waals surface area contributed by atoms with Crippen molar-refractivity contribution in [3.63, 3.8) is 0 Å². The first-order chi connectivity index (χ1) is 8.97. The predicted octanol–water partition coefficient (Wildman–Crippen LogP) is 2.55. The van der Waals surface area contributed by atoms with Crippen LogP contribution < -0.4 is 5.32 Å². The number of morpholine rings is 1. The van der Waals surface area contributed by atoms with Crippen molar-refractivity contribution in [3.05, 3.63) is 35.4 Å². The Labute approximate surface area is 115 Å². The summed E-state index contributed by atoms with van der Waals surface area (Å²) >= 11 is 0. The number of ketones is 1. The lowest BCUT2D eigenvalue weighted by molar-refractivity contribution is 0.0676. The van der Waals surface area contributed by atoms with E-state index in [1.54, 1.807) is 0 Å². The van der Waals surface area contributed by atoms with Crippen LogP contribution in [0.25, 0.3) is 0 Å².